The predicted octanol–water partition coefficient (Wildman–Crippen LogP) is 3.50. The molecule has 1 heterocycles. The summed E-state index contributed by atoms with van der Waals surface area (Å²) in [5.74, 6) is 1.82. The van der Waals surface area contributed by atoms with Crippen molar-refractivity contribution in [2.45, 2.75) is 44.4 Å². The van der Waals surface area contributed by atoms with Crippen molar-refractivity contribution in [3.05, 3.63) is 35.4 Å². The number of hydrogen-bond donors (Lipinski definition) is 1. The highest BCUT2D eigenvalue weighted by atomic mass is 14.9. The normalized spacial score (nSPS) is 25.5. The van der Waals surface area contributed by atoms with Crippen LogP contribution in [0.1, 0.15) is 49.1 Å². The van der Waals surface area contributed by atoms with E-state index in [1.54, 1.807) is 11.1 Å². The van der Waals surface area contributed by atoms with E-state index in [1.165, 1.54) is 51.6 Å². The zero-order valence-electron chi connectivity index (χ0n) is 10.6. The van der Waals surface area contributed by atoms with E-state index in [1.807, 2.05) is 0 Å². The molecule has 1 fully saturated rings. The van der Waals surface area contributed by atoms with Crippen molar-refractivity contribution < 1.29 is 0 Å². The van der Waals surface area contributed by atoms with Gasteiger partial charge < -0.3 is 5.32 Å². The highest BCUT2D eigenvalue weighted by molar-refractivity contribution is 5.32. The quantitative estimate of drug-likeness (QED) is 0.818. The summed E-state index contributed by atoms with van der Waals surface area (Å²) in [7, 11) is 0. The van der Waals surface area contributed by atoms with E-state index in [-0.39, 0.29) is 0 Å². The third-order valence-corrected chi connectivity index (χ3v) is 4.57. The first-order valence-corrected chi connectivity index (χ1v) is 7.22. The van der Waals surface area contributed by atoms with Crippen molar-refractivity contribution >= 4 is 0 Å². The van der Waals surface area contributed by atoms with Crippen LogP contribution in [-0.2, 0) is 6.42 Å². The number of benzene rings is 1. The van der Waals surface area contributed by atoms with Crippen LogP contribution in [0.5, 0.6) is 0 Å². The molecule has 3 rings (SSSR count). The molecule has 1 nitrogen and oxygen atoms in total. The smallest absolute Gasteiger partial charge is 0.00463 e. The third kappa shape index (κ3) is 2.55. The molecule has 1 N–H and O–H groups in total. The average molecular weight is 229 g/mol. The Hall–Kier alpha value is -0.820. The van der Waals surface area contributed by atoms with Gasteiger partial charge in [0, 0.05) is 0 Å². The molecule has 1 aromatic carbocycles. The molecule has 1 unspecified atom stereocenters. The lowest BCUT2D eigenvalue weighted by atomic mass is 9.76. The van der Waals surface area contributed by atoms with Gasteiger partial charge >= 0.3 is 0 Å². The highest BCUT2D eigenvalue weighted by Gasteiger charge is 2.23. The average Bonchev–Trinajstić information content (AvgIpc) is 2.40. The van der Waals surface area contributed by atoms with Gasteiger partial charge in [-0.1, -0.05) is 24.3 Å². The number of nitrogens with one attached hydrogen (secondary N) is 1. The molecule has 1 aliphatic heterocycles. The number of aryl methyl sites for hydroxylation is 1. The second kappa shape index (κ2) is 5.22. The van der Waals surface area contributed by atoms with Gasteiger partial charge in [0.05, 0.1) is 0 Å². The molecular weight excluding hydrogens is 206 g/mol. The molecule has 0 spiro atoms. The van der Waals surface area contributed by atoms with E-state index in [0.29, 0.717) is 0 Å². The highest BCUT2D eigenvalue weighted by Crippen LogP contribution is 2.37. The van der Waals surface area contributed by atoms with Gasteiger partial charge in [-0.15, -0.1) is 0 Å². The Balaban J connectivity index is 1.71. The third-order valence-electron chi connectivity index (χ3n) is 4.57. The number of fused-ring (bicyclic) bond motifs is 1. The van der Waals surface area contributed by atoms with Crippen molar-refractivity contribution in [3.63, 3.8) is 0 Å². The first-order chi connectivity index (χ1) is 8.43. The van der Waals surface area contributed by atoms with E-state index >= 15 is 0 Å². The molecule has 0 radical (unpaired) electrons. The molecule has 1 saturated heterocycles. The predicted molar refractivity (Wildman–Crippen MR) is 72.3 cm³/mol. The molecule has 0 amide bonds. The van der Waals surface area contributed by atoms with Crippen molar-refractivity contribution in [1.29, 1.82) is 0 Å². The Morgan fingerprint density at radius 1 is 1.06 bits per heavy atom. The van der Waals surface area contributed by atoms with Crippen LogP contribution in [0.25, 0.3) is 0 Å². The van der Waals surface area contributed by atoms with E-state index in [9.17, 15) is 0 Å². The largest absolute Gasteiger partial charge is 0.317 e. The summed E-state index contributed by atoms with van der Waals surface area (Å²) in [4.78, 5) is 0. The molecule has 1 atom stereocenters. The Labute approximate surface area is 105 Å². The van der Waals surface area contributed by atoms with Crippen LogP contribution in [0.15, 0.2) is 24.3 Å². The van der Waals surface area contributed by atoms with E-state index in [2.05, 4.69) is 29.6 Å². The van der Waals surface area contributed by atoms with Gasteiger partial charge in [0.25, 0.3) is 0 Å². The van der Waals surface area contributed by atoms with Crippen LogP contribution < -0.4 is 5.32 Å². The zero-order chi connectivity index (χ0) is 11.5. The maximum absolute atomic E-state index is 3.47. The van der Waals surface area contributed by atoms with Crippen LogP contribution in [0, 0.1) is 5.92 Å². The van der Waals surface area contributed by atoms with Gasteiger partial charge in [-0.3, -0.25) is 0 Å². The minimum atomic E-state index is 0.850. The number of rotatable bonds is 2. The topological polar surface area (TPSA) is 12.0 Å². The molecule has 1 aromatic rings. The van der Waals surface area contributed by atoms with E-state index in [0.717, 1.165) is 11.8 Å². The summed E-state index contributed by atoms with van der Waals surface area (Å²) in [5, 5.41) is 3.47. The van der Waals surface area contributed by atoms with Gasteiger partial charge in [-0.05, 0) is 74.6 Å². The fourth-order valence-electron chi connectivity index (χ4n) is 3.62. The maximum Gasteiger partial charge on any atom is -0.00463 e. The van der Waals surface area contributed by atoms with Crippen LogP contribution in [-0.4, -0.2) is 13.1 Å². The lowest BCUT2D eigenvalue weighted by Crippen LogP contribution is -2.29. The second-order valence-corrected chi connectivity index (χ2v) is 5.72. The fourth-order valence-corrected chi connectivity index (χ4v) is 3.62. The summed E-state index contributed by atoms with van der Waals surface area (Å²) in [6.07, 6.45) is 8.32. The Kier molecular flexibility index (Phi) is 3.46. The van der Waals surface area contributed by atoms with Crippen LogP contribution in [0.3, 0.4) is 0 Å². The number of piperidine rings is 1. The van der Waals surface area contributed by atoms with Crippen molar-refractivity contribution in [2.75, 3.05) is 13.1 Å². The zero-order valence-corrected chi connectivity index (χ0v) is 10.6. The Bertz CT molecular complexity index is 366. The molecule has 0 aromatic heterocycles. The molecule has 2 aliphatic rings. The Morgan fingerprint density at radius 2 is 1.88 bits per heavy atom. The summed E-state index contributed by atoms with van der Waals surface area (Å²) < 4.78 is 0. The SMILES string of the molecule is c1ccc2c(c1)CCCC2CC1CCNCC1. The fraction of sp³-hybridized carbons (Fsp3) is 0.625. The minimum absolute atomic E-state index is 0.850. The van der Waals surface area contributed by atoms with Gasteiger partial charge in [-0.25, -0.2) is 0 Å². The molecular formula is C16H23N. The molecule has 1 aliphatic carbocycles. The lowest BCUT2D eigenvalue weighted by Gasteiger charge is -2.31. The molecule has 1 heteroatoms. The molecule has 0 saturated carbocycles. The molecule has 0 bridgehead atoms. The van der Waals surface area contributed by atoms with Crippen molar-refractivity contribution in [1.82, 2.24) is 5.32 Å². The van der Waals surface area contributed by atoms with Gasteiger partial charge in [0.15, 0.2) is 0 Å². The molecule has 17 heavy (non-hydrogen) atoms. The summed E-state index contributed by atoms with van der Waals surface area (Å²) in [6, 6.07) is 9.13. The first kappa shape index (κ1) is 11.3. The van der Waals surface area contributed by atoms with Crippen molar-refractivity contribution in [3.8, 4) is 0 Å². The lowest BCUT2D eigenvalue weighted by molar-refractivity contribution is 0.318. The minimum Gasteiger partial charge on any atom is -0.317 e. The molecule has 92 valence electrons. The Morgan fingerprint density at radius 3 is 2.76 bits per heavy atom. The maximum atomic E-state index is 3.47. The van der Waals surface area contributed by atoms with Crippen LogP contribution in [0.4, 0.5) is 0 Å². The summed E-state index contributed by atoms with van der Waals surface area (Å²) >= 11 is 0. The van der Waals surface area contributed by atoms with Gasteiger partial charge in [-0.2, -0.15) is 0 Å². The summed E-state index contributed by atoms with van der Waals surface area (Å²) in [5.41, 5.74) is 3.29. The van der Waals surface area contributed by atoms with Crippen LogP contribution in [0.2, 0.25) is 0 Å². The summed E-state index contributed by atoms with van der Waals surface area (Å²) in [6.45, 7) is 2.47. The van der Waals surface area contributed by atoms with Gasteiger partial charge in [0.1, 0.15) is 0 Å². The van der Waals surface area contributed by atoms with Crippen LogP contribution >= 0.6 is 0 Å². The first-order valence-electron chi connectivity index (χ1n) is 7.22. The monoisotopic (exact) mass is 229 g/mol. The standard InChI is InChI=1S/C16H23N/c1-2-7-16-14(4-1)5-3-6-15(16)12-13-8-10-17-11-9-13/h1-2,4,7,13,15,17H,3,5-6,8-12H2. The second-order valence-electron chi connectivity index (χ2n) is 5.72. The van der Waals surface area contributed by atoms with E-state index < -0.39 is 0 Å². The van der Waals surface area contributed by atoms with E-state index in [4.69, 9.17) is 0 Å². The number of hydrogen-bond acceptors (Lipinski definition) is 1. The van der Waals surface area contributed by atoms with Gasteiger partial charge in [0.2, 0.25) is 0 Å². The van der Waals surface area contributed by atoms with Crippen molar-refractivity contribution in [2.24, 2.45) is 5.92 Å².